The standard InChI is InChI=1S/C16H16BrNO3/c1-20-10-12-9-11(7-8-15(12)21-2)16(19)18-14-6-4-3-5-13(14)17/h3-9H,10H2,1-2H3,(H,18,19). The molecule has 5 heteroatoms. The second kappa shape index (κ2) is 7.24. The molecule has 0 aliphatic carbocycles. The van der Waals surface area contributed by atoms with Crippen LogP contribution in [0.1, 0.15) is 15.9 Å². The number of hydrogen-bond donors (Lipinski definition) is 1. The molecule has 2 rings (SSSR count). The average Bonchev–Trinajstić information content (AvgIpc) is 2.50. The summed E-state index contributed by atoms with van der Waals surface area (Å²) >= 11 is 3.40. The highest BCUT2D eigenvalue weighted by molar-refractivity contribution is 9.10. The number of anilines is 1. The molecule has 0 aliphatic rings. The van der Waals surface area contributed by atoms with Gasteiger partial charge in [0.2, 0.25) is 0 Å². The molecule has 0 unspecified atom stereocenters. The maximum Gasteiger partial charge on any atom is 0.255 e. The summed E-state index contributed by atoms with van der Waals surface area (Å²) in [6, 6.07) is 12.7. The highest BCUT2D eigenvalue weighted by Crippen LogP contribution is 2.24. The quantitative estimate of drug-likeness (QED) is 0.891. The van der Waals surface area contributed by atoms with Crippen molar-refractivity contribution >= 4 is 27.5 Å². The molecule has 1 N–H and O–H groups in total. The summed E-state index contributed by atoms with van der Waals surface area (Å²) in [6.07, 6.45) is 0. The molecule has 0 saturated carbocycles. The lowest BCUT2D eigenvalue weighted by atomic mass is 10.1. The Hall–Kier alpha value is -1.85. The van der Waals surface area contributed by atoms with Gasteiger partial charge in [-0.1, -0.05) is 12.1 Å². The van der Waals surface area contributed by atoms with Crippen LogP contribution >= 0.6 is 15.9 Å². The zero-order valence-electron chi connectivity index (χ0n) is 11.9. The number of carbonyl (C=O) groups excluding carboxylic acids is 1. The van der Waals surface area contributed by atoms with Crippen molar-refractivity contribution in [3.63, 3.8) is 0 Å². The van der Waals surface area contributed by atoms with Crippen molar-refractivity contribution in [2.24, 2.45) is 0 Å². The number of ether oxygens (including phenoxy) is 2. The van der Waals surface area contributed by atoms with Crippen molar-refractivity contribution in [2.75, 3.05) is 19.5 Å². The average molecular weight is 350 g/mol. The largest absolute Gasteiger partial charge is 0.496 e. The van der Waals surface area contributed by atoms with Crippen molar-refractivity contribution in [1.82, 2.24) is 0 Å². The van der Waals surface area contributed by atoms with E-state index in [0.717, 1.165) is 15.7 Å². The van der Waals surface area contributed by atoms with E-state index in [4.69, 9.17) is 9.47 Å². The van der Waals surface area contributed by atoms with E-state index < -0.39 is 0 Å². The monoisotopic (exact) mass is 349 g/mol. The third kappa shape index (κ3) is 3.83. The lowest BCUT2D eigenvalue weighted by molar-refractivity contribution is 0.102. The van der Waals surface area contributed by atoms with Gasteiger partial charge in [0.15, 0.2) is 0 Å². The molecule has 1 amide bonds. The van der Waals surface area contributed by atoms with Crippen LogP contribution in [0.25, 0.3) is 0 Å². The zero-order chi connectivity index (χ0) is 15.2. The first kappa shape index (κ1) is 15.5. The Morgan fingerprint density at radius 2 is 1.95 bits per heavy atom. The summed E-state index contributed by atoms with van der Waals surface area (Å²) in [5, 5.41) is 2.87. The van der Waals surface area contributed by atoms with Crippen LogP contribution in [0.5, 0.6) is 5.75 Å². The van der Waals surface area contributed by atoms with E-state index in [9.17, 15) is 4.79 Å². The van der Waals surface area contributed by atoms with Crippen LogP contribution < -0.4 is 10.1 Å². The number of halogens is 1. The minimum atomic E-state index is -0.179. The molecule has 0 fully saturated rings. The van der Waals surface area contributed by atoms with Crippen LogP contribution in [0.15, 0.2) is 46.9 Å². The zero-order valence-corrected chi connectivity index (χ0v) is 13.4. The number of nitrogens with one attached hydrogen (secondary N) is 1. The van der Waals surface area contributed by atoms with Gasteiger partial charge in [0.05, 0.1) is 19.4 Å². The molecule has 0 radical (unpaired) electrons. The summed E-state index contributed by atoms with van der Waals surface area (Å²) < 4.78 is 11.2. The Morgan fingerprint density at radius 1 is 1.19 bits per heavy atom. The molecular weight excluding hydrogens is 334 g/mol. The third-order valence-corrected chi connectivity index (χ3v) is 3.66. The topological polar surface area (TPSA) is 47.6 Å². The van der Waals surface area contributed by atoms with Crippen molar-refractivity contribution in [2.45, 2.75) is 6.61 Å². The molecule has 4 nitrogen and oxygen atoms in total. The minimum Gasteiger partial charge on any atom is -0.496 e. The maximum absolute atomic E-state index is 12.3. The van der Waals surface area contributed by atoms with Gasteiger partial charge in [-0.3, -0.25) is 4.79 Å². The second-order valence-electron chi connectivity index (χ2n) is 4.39. The van der Waals surface area contributed by atoms with Gasteiger partial charge in [-0.25, -0.2) is 0 Å². The van der Waals surface area contributed by atoms with Crippen LogP contribution in [0.2, 0.25) is 0 Å². The van der Waals surface area contributed by atoms with Crippen LogP contribution in [0.3, 0.4) is 0 Å². The summed E-state index contributed by atoms with van der Waals surface area (Å²) in [5.74, 6) is 0.524. The molecule has 0 aromatic heterocycles. The summed E-state index contributed by atoms with van der Waals surface area (Å²) in [5.41, 5.74) is 2.12. The smallest absolute Gasteiger partial charge is 0.255 e. The van der Waals surface area contributed by atoms with E-state index in [1.165, 1.54) is 0 Å². The highest BCUT2D eigenvalue weighted by Gasteiger charge is 2.11. The molecule has 0 saturated heterocycles. The first-order valence-corrected chi connectivity index (χ1v) is 7.16. The molecule has 0 aliphatic heterocycles. The molecule has 0 atom stereocenters. The van der Waals surface area contributed by atoms with Gasteiger partial charge in [0.1, 0.15) is 5.75 Å². The minimum absolute atomic E-state index is 0.179. The van der Waals surface area contributed by atoms with Gasteiger partial charge < -0.3 is 14.8 Å². The number of benzene rings is 2. The van der Waals surface area contributed by atoms with Crippen LogP contribution in [0.4, 0.5) is 5.69 Å². The molecule has 2 aromatic carbocycles. The first-order chi connectivity index (χ1) is 10.2. The Morgan fingerprint density at radius 3 is 2.62 bits per heavy atom. The van der Waals surface area contributed by atoms with Gasteiger partial charge in [0.25, 0.3) is 5.91 Å². The molecular formula is C16H16BrNO3. The Balaban J connectivity index is 2.23. The predicted molar refractivity (Wildman–Crippen MR) is 85.8 cm³/mol. The summed E-state index contributed by atoms with van der Waals surface area (Å²) in [7, 11) is 3.20. The van der Waals surface area contributed by atoms with E-state index in [-0.39, 0.29) is 5.91 Å². The number of para-hydroxylation sites is 1. The van der Waals surface area contributed by atoms with E-state index >= 15 is 0 Å². The van der Waals surface area contributed by atoms with E-state index in [0.29, 0.717) is 17.9 Å². The van der Waals surface area contributed by atoms with Crippen LogP contribution in [-0.2, 0) is 11.3 Å². The third-order valence-electron chi connectivity index (χ3n) is 2.96. The van der Waals surface area contributed by atoms with Crippen LogP contribution in [0, 0.1) is 0 Å². The number of amides is 1. The van der Waals surface area contributed by atoms with E-state index in [1.54, 1.807) is 32.4 Å². The van der Waals surface area contributed by atoms with Crippen molar-refractivity contribution in [1.29, 1.82) is 0 Å². The summed E-state index contributed by atoms with van der Waals surface area (Å²) in [4.78, 5) is 12.3. The Bertz CT molecular complexity index is 643. The van der Waals surface area contributed by atoms with Gasteiger partial charge >= 0.3 is 0 Å². The normalized spacial score (nSPS) is 10.2. The SMILES string of the molecule is COCc1cc(C(=O)Nc2ccccc2Br)ccc1OC. The van der Waals surface area contributed by atoms with E-state index in [2.05, 4.69) is 21.2 Å². The van der Waals surface area contributed by atoms with Gasteiger partial charge in [-0.05, 0) is 46.3 Å². The maximum atomic E-state index is 12.3. The first-order valence-electron chi connectivity index (χ1n) is 6.37. The van der Waals surface area contributed by atoms with Gasteiger partial charge in [0, 0.05) is 22.7 Å². The number of carbonyl (C=O) groups is 1. The molecule has 0 bridgehead atoms. The summed E-state index contributed by atoms with van der Waals surface area (Å²) in [6.45, 7) is 0.388. The molecule has 0 spiro atoms. The predicted octanol–water partition coefficient (Wildman–Crippen LogP) is 3.86. The van der Waals surface area contributed by atoms with Gasteiger partial charge in [-0.15, -0.1) is 0 Å². The Labute approximate surface area is 132 Å². The highest BCUT2D eigenvalue weighted by atomic mass is 79.9. The Kier molecular flexibility index (Phi) is 5.36. The number of rotatable bonds is 5. The molecule has 110 valence electrons. The lowest BCUT2D eigenvalue weighted by Gasteiger charge is -2.11. The molecule has 0 heterocycles. The van der Waals surface area contributed by atoms with Crippen LogP contribution in [-0.4, -0.2) is 20.1 Å². The fourth-order valence-corrected chi connectivity index (χ4v) is 2.33. The fraction of sp³-hybridized carbons (Fsp3) is 0.188. The lowest BCUT2D eigenvalue weighted by Crippen LogP contribution is -2.13. The number of methoxy groups -OCH3 is 2. The second-order valence-corrected chi connectivity index (χ2v) is 5.25. The fourth-order valence-electron chi connectivity index (χ4n) is 1.95. The van der Waals surface area contributed by atoms with Crippen molar-refractivity contribution < 1.29 is 14.3 Å². The number of hydrogen-bond acceptors (Lipinski definition) is 3. The molecule has 2 aromatic rings. The molecule has 21 heavy (non-hydrogen) atoms. The van der Waals surface area contributed by atoms with E-state index in [1.807, 2.05) is 24.3 Å². The van der Waals surface area contributed by atoms with Crippen molar-refractivity contribution in [3.8, 4) is 5.75 Å². The van der Waals surface area contributed by atoms with Gasteiger partial charge in [-0.2, -0.15) is 0 Å². The van der Waals surface area contributed by atoms with Crippen molar-refractivity contribution in [3.05, 3.63) is 58.1 Å².